The molecule has 1 aromatic heterocycles. The summed E-state index contributed by atoms with van der Waals surface area (Å²) < 4.78 is 18.9. The number of anilines is 2. The number of piperazine rings is 1. The number of likely N-dealkylation sites (tertiary alicyclic amines) is 1. The fourth-order valence-corrected chi connectivity index (χ4v) is 4.68. The molecule has 3 heterocycles. The van der Waals surface area contributed by atoms with Crippen molar-refractivity contribution in [2.24, 2.45) is 0 Å². The second-order valence-electron chi connectivity index (χ2n) is 8.15. The summed E-state index contributed by atoms with van der Waals surface area (Å²) in [4.78, 5) is 19.9. The number of hydrogen-bond acceptors (Lipinski definition) is 5. The molecule has 0 bridgehead atoms. The third kappa shape index (κ3) is 3.67. The molecule has 30 heavy (non-hydrogen) atoms. The lowest BCUT2D eigenvalue weighted by atomic mass is 10.1. The van der Waals surface area contributed by atoms with Crippen LogP contribution in [-0.4, -0.2) is 44.2 Å². The maximum atomic E-state index is 13.3. The Bertz CT molecular complexity index is 1080. The zero-order valence-corrected chi connectivity index (χ0v) is 17.0. The molecule has 5 rings (SSSR count). The average Bonchev–Trinajstić information content (AvgIpc) is 3.28. The van der Waals surface area contributed by atoms with Crippen LogP contribution >= 0.6 is 0 Å². The Labute approximate surface area is 175 Å². The topological polar surface area (TPSA) is 39.9 Å². The van der Waals surface area contributed by atoms with Crippen LogP contribution in [0.5, 0.6) is 0 Å². The van der Waals surface area contributed by atoms with Crippen LogP contribution in [0.2, 0.25) is 0 Å². The van der Waals surface area contributed by atoms with Crippen molar-refractivity contribution < 1.29 is 8.81 Å². The number of benzene rings is 2. The van der Waals surface area contributed by atoms with Crippen molar-refractivity contribution in [2.45, 2.75) is 19.4 Å². The van der Waals surface area contributed by atoms with Gasteiger partial charge in [-0.15, -0.1) is 0 Å². The monoisotopic (exact) mass is 407 g/mol. The minimum Gasteiger partial charge on any atom is -0.422 e. The van der Waals surface area contributed by atoms with Crippen molar-refractivity contribution in [1.29, 1.82) is 0 Å². The van der Waals surface area contributed by atoms with Gasteiger partial charge >= 0.3 is 5.63 Å². The summed E-state index contributed by atoms with van der Waals surface area (Å²) in [5, 5.41) is 1.00. The molecule has 0 atom stereocenters. The molecule has 0 saturated carbocycles. The van der Waals surface area contributed by atoms with E-state index in [1.807, 2.05) is 36.4 Å². The van der Waals surface area contributed by atoms with Crippen LogP contribution in [0.15, 0.2) is 57.7 Å². The zero-order chi connectivity index (χ0) is 20.5. The first kappa shape index (κ1) is 19.1. The van der Waals surface area contributed by atoms with Gasteiger partial charge in [-0.3, -0.25) is 4.90 Å². The molecule has 6 heteroatoms. The molecule has 0 spiro atoms. The maximum absolute atomic E-state index is 13.3. The first-order valence-corrected chi connectivity index (χ1v) is 10.7. The Kier molecular flexibility index (Phi) is 5.17. The van der Waals surface area contributed by atoms with Crippen LogP contribution in [0.3, 0.4) is 0 Å². The first-order valence-electron chi connectivity index (χ1n) is 10.7. The number of para-hydroxylation sites is 1. The number of hydrogen-bond donors (Lipinski definition) is 0. The minimum atomic E-state index is -0.225. The van der Waals surface area contributed by atoms with E-state index in [1.54, 1.807) is 0 Å². The molecule has 156 valence electrons. The lowest BCUT2D eigenvalue weighted by Gasteiger charge is -2.38. The molecular weight excluding hydrogens is 381 g/mol. The van der Waals surface area contributed by atoms with Gasteiger partial charge < -0.3 is 14.2 Å². The smallest absolute Gasteiger partial charge is 0.342 e. The van der Waals surface area contributed by atoms with Crippen molar-refractivity contribution in [3.8, 4) is 0 Å². The molecule has 2 saturated heterocycles. The van der Waals surface area contributed by atoms with Gasteiger partial charge in [0.1, 0.15) is 11.4 Å². The Morgan fingerprint density at radius 2 is 1.50 bits per heavy atom. The highest BCUT2D eigenvalue weighted by Gasteiger charge is 2.26. The number of nitrogens with zero attached hydrogens (tertiary/aromatic N) is 3. The van der Waals surface area contributed by atoms with Crippen LogP contribution in [0.4, 0.5) is 15.8 Å². The second-order valence-corrected chi connectivity index (χ2v) is 8.15. The van der Waals surface area contributed by atoms with Gasteiger partial charge in [0.05, 0.1) is 11.3 Å². The van der Waals surface area contributed by atoms with Gasteiger partial charge in [0, 0.05) is 43.8 Å². The highest BCUT2D eigenvalue weighted by atomic mass is 19.1. The Morgan fingerprint density at radius 1 is 0.833 bits per heavy atom. The van der Waals surface area contributed by atoms with Crippen LogP contribution < -0.4 is 15.4 Å². The van der Waals surface area contributed by atoms with Crippen LogP contribution in [0, 0.1) is 5.82 Å². The Morgan fingerprint density at radius 3 is 2.23 bits per heavy atom. The average molecular weight is 407 g/mol. The predicted molar refractivity (Wildman–Crippen MR) is 118 cm³/mol. The van der Waals surface area contributed by atoms with Crippen molar-refractivity contribution in [3.63, 3.8) is 0 Å². The fourth-order valence-electron chi connectivity index (χ4n) is 4.68. The molecule has 3 aromatic rings. The molecule has 0 amide bonds. The van der Waals surface area contributed by atoms with E-state index in [2.05, 4.69) is 14.7 Å². The quantitative estimate of drug-likeness (QED) is 0.615. The second kappa shape index (κ2) is 8.11. The van der Waals surface area contributed by atoms with Gasteiger partial charge in [-0.25, -0.2) is 9.18 Å². The summed E-state index contributed by atoms with van der Waals surface area (Å²) in [6.07, 6.45) is 2.37. The van der Waals surface area contributed by atoms with E-state index in [0.717, 1.165) is 61.6 Å². The minimum absolute atomic E-state index is 0.216. The maximum Gasteiger partial charge on any atom is 0.342 e. The molecule has 0 aliphatic carbocycles. The van der Waals surface area contributed by atoms with Gasteiger partial charge in [-0.1, -0.05) is 12.1 Å². The van der Waals surface area contributed by atoms with E-state index in [0.29, 0.717) is 12.1 Å². The SMILES string of the molecule is O=c1oc2ccccc2c(N2CCN(c3ccc(F)cc3)CC2)c1CN1CCCC1. The van der Waals surface area contributed by atoms with Crippen molar-refractivity contribution in [3.05, 3.63) is 70.3 Å². The van der Waals surface area contributed by atoms with Gasteiger partial charge in [-0.2, -0.15) is 0 Å². The molecule has 0 N–H and O–H groups in total. The summed E-state index contributed by atoms with van der Waals surface area (Å²) in [6, 6.07) is 14.5. The molecule has 2 fully saturated rings. The molecule has 2 aliphatic rings. The molecular formula is C24H26FN3O2. The third-order valence-electron chi connectivity index (χ3n) is 6.25. The largest absolute Gasteiger partial charge is 0.422 e. The summed E-state index contributed by atoms with van der Waals surface area (Å²) in [6.45, 7) is 5.96. The summed E-state index contributed by atoms with van der Waals surface area (Å²) in [5.74, 6) is -0.216. The van der Waals surface area contributed by atoms with Gasteiger partial charge in [-0.05, 0) is 62.3 Å². The first-order chi connectivity index (χ1) is 14.7. The summed E-state index contributed by atoms with van der Waals surface area (Å²) in [5.41, 5.74) is 3.24. The standard InChI is InChI=1S/C24H26FN3O2/c25-18-7-9-19(10-8-18)27-13-15-28(16-14-27)23-20-5-1-2-6-22(20)30-24(29)21(23)17-26-11-3-4-12-26/h1-2,5-10H,3-4,11-17H2. The van der Waals surface area contributed by atoms with E-state index in [1.165, 1.54) is 25.0 Å². The fraction of sp³-hybridized carbons (Fsp3) is 0.375. The lowest BCUT2D eigenvalue weighted by molar-refractivity contribution is 0.325. The number of rotatable bonds is 4. The number of halogens is 1. The van der Waals surface area contributed by atoms with E-state index in [-0.39, 0.29) is 11.4 Å². The van der Waals surface area contributed by atoms with E-state index >= 15 is 0 Å². The Balaban J connectivity index is 1.46. The van der Waals surface area contributed by atoms with Crippen LogP contribution in [0.1, 0.15) is 18.4 Å². The Hall–Kier alpha value is -2.86. The molecule has 0 radical (unpaired) electrons. The highest BCUT2D eigenvalue weighted by molar-refractivity contribution is 5.92. The normalized spacial score (nSPS) is 17.8. The molecule has 0 unspecified atom stereocenters. The third-order valence-corrected chi connectivity index (χ3v) is 6.25. The molecule has 2 aromatic carbocycles. The molecule has 5 nitrogen and oxygen atoms in total. The van der Waals surface area contributed by atoms with Gasteiger partial charge in [0.2, 0.25) is 0 Å². The van der Waals surface area contributed by atoms with Gasteiger partial charge in [0.15, 0.2) is 0 Å². The van der Waals surface area contributed by atoms with Crippen molar-refractivity contribution in [1.82, 2.24) is 4.90 Å². The van der Waals surface area contributed by atoms with Crippen molar-refractivity contribution in [2.75, 3.05) is 49.1 Å². The lowest BCUT2D eigenvalue weighted by Crippen LogP contribution is -2.47. The zero-order valence-electron chi connectivity index (χ0n) is 17.0. The molecule has 2 aliphatic heterocycles. The highest BCUT2D eigenvalue weighted by Crippen LogP contribution is 2.31. The van der Waals surface area contributed by atoms with E-state index in [4.69, 9.17) is 4.42 Å². The van der Waals surface area contributed by atoms with E-state index in [9.17, 15) is 9.18 Å². The van der Waals surface area contributed by atoms with Crippen molar-refractivity contribution >= 4 is 22.3 Å². The summed E-state index contributed by atoms with van der Waals surface area (Å²) in [7, 11) is 0. The van der Waals surface area contributed by atoms with Gasteiger partial charge in [0.25, 0.3) is 0 Å². The van der Waals surface area contributed by atoms with E-state index < -0.39 is 0 Å². The number of fused-ring (bicyclic) bond motifs is 1. The predicted octanol–water partition coefficient (Wildman–Crippen LogP) is 3.85. The van der Waals surface area contributed by atoms with Crippen LogP contribution in [0.25, 0.3) is 11.0 Å². The summed E-state index contributed by atoms with van der Waals surface area (Å²) >= 11 is 0. The van der Waals surface area contributed by atoms with Crippen LogP contribution in [-0.2, 0) is 6.54 Å².